The molecule has 0 saturated carbocycles. The molecule has 1 amide bonds. The van der Waals surface area contributed by atoms with Gasteiger partial charge in [-0.05, 0) is 31.9 Å². The minimum atomic E-state index is -3.63. The highest BCUT2D eigenvalue weighted by Gasteiger charge is 2.33. The number of benzene rings is 1. The lowest BCUT2D eigenvalue weighted by atomic mass is 9.99. The van der Waals surface area contributed by atoms with E-state index in [1.54, 1.807) is 42.6 Å². The van der Waals surface area contributed by atoms with E-state index in [0.717, 1.165) is 0 Å². The first-order valence-electron chi connectivity index (χ1n) is 9.36. The quantitative estimate of drug-likeness (QED) is 0.666. The van der Waals surface area contributed by atoms with E-state index in [-0.39, 0.29) is 29.7 Å². The average Bonchev–Trinajstić information content (AvgIpc) is 3.15. The second kappa shape index (κ2) is 9.47. The lowest BCUT2D eigenvalue weighted by molar-refractivity contribution is -0.142. The van der Waals surface area contributed by atoms with Crippen molar-refractivity contribution < 1.29 is 22.7 Å². The SMILES string of the molecule is CCOC(=O)Cc1csc(NC(=O)C2CCCN(S(=O)(=O)c3ccccc3)C2)n1. The molecule has 156 valence electrons. The van der Waals surface area contributed by atoms with E-state index in [0.29, 0.717) is 36.8 Å². The second-order valence-corrected chi connectivity index (χ2v) is 9.43. The maximum Gasteiger partial charge on any atom is 0.311 e. The number of piperidine rings is 1. The van der Waals surface area contributed by atoms with Crippen LogP contribution in [0.5, 0.6) is 0 Å². The molecule has 0 radical (unpaired) electrons. The molecule has 0 bridgehead atoms. The minimum Gasteiger partial charge on any atom is -0.466 e. The van der Waals surface area contributed by atoms with Gasteiger partial charge in [-0.25, -0.2) is 13.4 Å². The summed E-state index contributed by atoms with van der Waals surface area (Å²) < 4.78 is 31.9. The summed E-state index contributed by atoms with van der Waals surface area (Å²) in [6.45, 7) is 2.55. The number of thiazole rings is 1. The molecule has 0 spiro atoms. The molecule has 1 aliphatic rings. The number of anilines is 1. The van der Waals surface area contributed by atoms with Crippen molar-refractivity contribution in [2.24, 2.45) is 5.92 Å². The summed E-state index contributed by atoms with van der Waals surface area (Å²) in [5.74, 6) is -1.10. The van der Waals surface area contributed by atoms with Gasteiger partial charge < -0.3 is 10.1 Å². The fraction of sp³-hybridized carbons (Fsp3) is 0.421. The Balaban J connectivity index is 1.62. The molecule has 2 heterocycles. The lowest BCUT2D eigenvalue weighted by Gasteiger charge is -2.31. The Kier molecular flexibility index (Phi) is 6.99. The predicted octanol–water partition coefficient (Wildman–Crippen LogP) is 2.29. The number of sulfonamides is 1. The van der Waals surface area contributed by atoms with Crippen molar-refractivity contribution in [3.05, 3.63) is 41.4 Å². The van der Waals surface area contributed by atoms with Gasteiger partial charge in [0.1, 0.15) is 0 Å². The Morgan fingerprint density at radius 1 is 1.31 bits per heavy atom. The van der Waals surface area contributed by atoms with Crippen LogP contribution in [0, 0.1) is 5.92 Å². The number of rotatable bonds is 7. The molecular formula is C19H23N3O5S2. The van der Waals surface area contributed by atoms with Crippen molar-refractivity contribution in [2.75, 3.05) is 25.0 Å². The molecule has 8 nitrogen and oxygen atoms in total. The molecule has 1 atom stereocenters. The summed E-state index contributed by atoms with van der Waals surface area (Å²) in [4.78, 5) is 28.6. The van der Waals surface area contributed by atoms with Crippen LogP contribution in [-0.4, -0.2) is 49.3 Å². The zero-order valence-corrected chi connectivity index (χ0v) is 17.7. The smallest absolute Gasteiger partial charge is 0.311 e. The van der Waals surface area contributed by atoms with Crippen LogP contribution in [0.25, 0.3) is 0 Å². The standard InChI is InChI=1S/C19H23N3O5S2/c1-2-27-17(23)11-15-13-28-19(20-15)21-18(24)14-7-6-10-22(12-14)29(25,26)16-8-4-3-5-9-16/h3-5,8-9,13-14H,2,6-7,10-12H2,1H3,(H,20,21,24). The van der Waals surface area contributed by atoms with Crippen LogP contribution in [0.2, 0.25) is 0 Å². The van der Waals surface area contributed by atoms with Gasteiger partial charge in [0.05, 0.1) is 29.5 Å². The Labute approximate surface area is 173 Å². The molecule has 10 heteroatoms. The minimum absolute atomic E-state index is 0.0483. The van der Waals surface area contributed by atoms with Crippen LogP contribution in [0.4, 0.5) is 5.13 Å². The third-order valence-electron chi connectivity index (χ3n) is 4.55. The topological polar surface area (TPSA) is 106 Å². The van der Waals surface area contributed by atoms with E-state index in [9.17, 15) is 18.0 Å². The monoisotopic (exact) mass is 437 g/mol. The van der Waals surface area contributed by atoms with Gasteiger partial charge in [0, 0.05) is 18.5 Å². The molecule has 1 aromatic heterocycles. The summed E-state index contributed by atoms with van der Waals surface area (Å²) in [7, 11) is -3.63. The number of carbonyl (C=O) groups excluding carboxylic acids is 2. The first kappa shape index (κ1) is 21.4. The normalized spacial score (nSPS) is 17.6. The third-order valence-corrected chi connectivity index (χ3v) is 7.23. The van der Waals surface area contributed by atoms with E-state index in [4.69, 9.17) is 4.74 Å². The van der Waals surface area contributed by atoms with Crippen molar-refractivity contribution in [3.63, 3.8) is 0 Å². The van der Waals surface area contributed by atoms with Gasteiger partial charge in [-0.15, -0.1) is 11.3 Å². The number of esters is 1. The molecule has 1 saturated heterocycles. The number of hydrogen-bond acceptors (Lipinski definition) is 7. The van der Waals surface area contributed by atoms with Gasteiger partial charge in [0.2, 0.25) is 15.9 Å². The Morgan fingerprint density at radius 3 is 2.79 bits per heavy atom. The number of ether oxygens (including phenoxy) is 1. The maximum atomic E-state index is 12.8. The van der Waals surface area contributed by atoms with Crippen molar-refractivity contribution in [1.29, 1.82) is 0 Å². The maximum absolute atomic E-state index is 12.8. The Bertz CT molecular complexity index is 959. The molecular weight excluding hydrogens is 414 g/mol. The number of amides is 1. The van der Waals surface area contributed by atoms with Gasteiger partial charge in [-0.2, -0.15) is 4.31 Å². The van der Waals surface area contributed by atoms with Crippen LogP contribution in [0.15, 0.2) is 40.6 Å². The van der Waals surface area contributed by atoms with E-state index in [2.05, 4.69) is 10.3 Å². The van der Waals surface area contributed by atoms with Crippen molar-refractivity contribution >= 4 is 38.4 Å². The van der Waals surface area contributed by atoms with Crippen LogP contribution < -0.4 is 5.32 Å². The van der Waals surface area contributed by atoms with Crippen LogP contribution in [0.1, 0.15) is 25.5 Å². The number of hydrogen-bond donors (Lipinski definition) is 1. The van der Waals surface area contributed by atoms with E-state index >= 15 is 0 Å². The van der Waals surface area contributed by atoms with Crippen LogP contribution >= 0.6 is 11.3 Å². The van der Waals surface area contributed by atoms with Crippen molar-refractivity contribution in [1.82, 2.24) is 9.29 Å². The fourth-order valence-corrected chi connectivity index (χ4v) is 5.39. The van der Waals surface area contributed by atoms with Gasteiger partial charge in [-0.1, -0.05) is 18.2 Å². The van der Waals surface area contributed by atoms with Gasteiger partial charge in [0.15, 0.2) is 5.13 Å². The number of aromatic nitrogens is 1. The van der Waals surface area contributed by atoms with Gasteiger partial charge in [0.25, 0.3) is 0 Å². The second-order valence-electron chi connectivity index (χ2n) is 6.63. The summed E-state index contributed by atoms with van der Waals surface area (Å²) in [6.07, 6.45) is 1.26. The predicted molar refractivity (Wildman–Crippen MR) is 109 cm³/mol. The van der Waals surface area contributed by atoms with E-state index < -0.39 is 15.9 Å². The fourth-order valence-electron chi connectivity index (χ4n) is 3.13. The summed E-state index contributed by atoms with van der Waals surface area (Å²) in [5, 5.41) is 4.82. The average molecular weight is 438 g/mol. The highest BCUT2D eigenvalue weighted by atomic mass is 32.2. The number of nitrogens with one attached hydrogen (secondary N) is 1. The Morgan fingerprint density at radius 2 is 2.07 bits per heavy atom. The largest absolute Gasteiger partial charge is 0.466 e. The number of nitrogens with zero attached hydrogens (tertiary/aromatic N) is 2. The molecule has 1 fully saturated rings. The molecule has 29 heavy (non-hydrogen) atoms. The van der Waals surface area contributed by atoms with Crippen LogP contribution in [0.3, 0.4) is 0 Å². The van der Waals surface area contributed by atoms with E-state index in [1.165, 1.54) is 15.6 Å². The summed E-state index contributed by atoms with van der Waals surface area (Å²) >= 11 is 1.22. The highest BCUT2D eigenvalue weighted by molar-refractivity contribution is 7.89. The zero-order chi connectivity index (χ0) is 20.9. The zero-order valence-electron chi connectivity index (χ0n) is 16.0. The lowest BCUT2D eigenvalue weighted by Crippen LogP contribution is -2.43. The summed E-state index contributed by atoms with van der Waals surface area (Å²) in [6, 6.07) is 8.23. The van der Waals surface area contributed by atoms with Crippen molar-refractivity contribution in [3.8, 4) is 0 Å². The first-order chi connectivity index (χ1) is 13.9. The molecule has 1 unspecified atom stereocenters. The Hall–Kier alpha value is -2.30. The van der Waals surface area contributed by atoms with Gasteiger partial charge >= 0.3 is 5.97 Å². The molecule has 1 N–H and O–H groups in total. The van der Waals surface area contributed by atoms with Gasteiger partial charge in [-0.3, -0.25) is 9.59 Å². The van der Waals surface area contributed by atoms with E-state index in [1.807, 2.05) is 0 Å². The molecule has 0 aliphatic carbocycles. The summed E-state index contributed by atoms with van der Waals surface area (Å²) in [5.41, 5.74) is 0.528. The molecule has 3 rings (SSSR count). The highest BCUT2D eigenvalue weighted by Crippen LogP contribution is 2.25. The van der Waals surface area contributed by atoms with Crippen molar-refractivity contribution in [2.45, 2.75) is 31.1 Å². The number of carbonyl (C=O) groups is 2. The van der Waals surface area contributed by atoms with Crippen LogP contribution in [-0.2, 0) is 30.8 Å². The first-order valence-corrected chi connectivity index (χ1v) is 11.7. The third kappa shape index (κ3) is 5.40. The molecule has 1 aromatic carbocycles. The molecule has 2 aromatic rings. The molecule has 1 aliphatic heterocycles.